The molecule has 5 nitrogen and oxygen atoms in total. The number of carbonyl (C=O) groups excluding carboxylic acids is 1. The zero-order valence-electron chi connectivity index (χ0n) is 14.4. The highest BCUT2D eigenvalue weighted by Gasteiger charge is 2.24. The highest BCUT2D eigenvalue weighted by molar-refractivity contribution is 5.95. The van der Waals surface area contributed by atoms with Gasteiger partial charge in [0.15, 0.2) is 11.5 Å². The van der Waals surface area contributed by atoms with Crippen molar-refractivity contribution in [3.05, 3.63) is 53.3 Å². The molecule has 0 aliphatic carbocycles. The molecule has 1 atom stereocenters. The van der Waals surface area contributed by atoms with E-state index in [0.717, 1.165) is 5.56 Å². The molecule has 1 heterocycles. The summed E-state index contributed by atoms with van der Waals surface area (Å²) in [6.45, 7) is 2.76. The molecule has 0 aromatic heterocycles. The van der Waals surface area contributed by atoms with Crippen LogP contribution in [0.2, 0.25) is 0 Å². The van der Waals surface area contributed by atoms with Gasteiger partial charge in [0.25, 0.3) is 5.91 Å². The first kappa shape index (κ1) is 17.1. The zero-order chi connectivity index (χ0) is 18.0. The number of benzene rings is 2. The predicted octanol–water partition coefficient (Wildman–Crippen LogP) is 3.44. The van der Waals surface area contributed by atoms with E-state index in [4.69, 9.17) is 14.2 Å². The van der Waals surface area contributed by atoms with E-state index in [2.05, 4.69) is 0 Å². The lowest BCUT2D eigenvalue weighted by molar-refractivity contribution is 0.0741. The topological polar surface area (TPSA) is 48.0 Å². The maximum absolute atomic E-state index is 13.1. The van der Waals surface area contributed by atoms with Crippen molar-refractivity contribution in [2.45, 2.75) is 13.0 Å². The van der Waals surface area contributed by atoms with E-state index in [0.29, 0.717) is 36.0 Å². The van der Waals surface area contributed by atoms with Crippen LogP contribution in [0.15, 0.2) is 36.4 Å². The van der Waals surface area contributed by atoms with E-state index in [1.165, 1.54) is 19.2 Å². The summed E-state index contributed by atoms with van der Waals surface area (Å²) in [6.07, 6.45) is 0. The number of fused-ring (bicyclic) bond motifs is 1. The number of ether oxygens (including phenoxy) is 3. The summed E-state index contributed by atoms with van der Waals surface area (Å²) in [5, 5.41) is 0. The summed E-state index contributed by atoms with van der Waals surface area (Å²) >= 11 is 0. The van der Waals surface area contributed by atoms with Crippen LogP contribution in [0.5, 0.6) is 17.2 Å². The summed E-state index contributed by atoms with van der Waals surface area (Å²) in [5.41, 5.74) is 1.29. The van der Waals surface area contributed by atoms with Gasteiger partial charge in [-0.15, -0.1) is 0 Å². The first-order valence-corrected chi connectivity index (χ1v) is 8.01. The molecule has 0 unspecified atom stereocenters. The minimum absolute atomic E-state index is 0.188. The summed E-state index contributed by atoms with van der Waals surface area (Å²) < 4.78 is 29.6. The van der Waals surface area contributed by atoms with Crippen LogP contribution in [0.1, 0.15) is 28.9 Å². The van der Waals surface area contributed by atoms with E-state index in [9.17, 15) is 9.18 Å². The van der Waals surface area contributed by atoms with Crippen LogP contribution in [-0.4, -0.2) is 38.2 Å². The van der Waals surface area contributed by atoms with Crippen LogP contribution in [-0.2, 0) is 0 Å². The van der Waals surface area contributed by atoms with Crippen LogP contribution < -0.4 is 14.2 Å². The van der Waals surface area contributed by atoms with Crippen molar-refractivity contribution in [2.24, 2.45) is 0 Å². The standard InChI is InChI=1S/C19H20FNO4/c1-12(13-4-6-15(20)7-5-13)21(2)19(22)14-10-16(23-3)18-17(11-14)24-8-9-25-18/h4-7,10-12H,8-9H2,1-3H3/t12-/m0/s1. The molecule has 6 heteroatoms. The minimum atomic E-state index is -0.304. The van der Waals surface area contributed by atoms with Crippen molar-refractivity contribution in [3.8, 4) is 17.2 Å². The minimum Gasteiger partial charge on any atom is -0.493 e. The van der Waals surface area contributed by atoms with Crippen molar-refractivity contribution in [2.75, 3.05) is 27.4 Å². The van der Waals surface area contributed by atoms with Crippen molar-refractivity contribution in [1.29, 1.82) is 0 Å². The maximum Gasteiger partial charge on any atom is 0.254 e. The van der Waals surface area contributed by atoms with E-state index in [-0.39, 0.29) is 17.8 Å². The van der Waals surface area contributed by atoms with Crippen LogP contribution in [0.4, 0.5) is 4.39 Å². The van der Waals surface area contributed by atoms with Crippen molar-refractivity contribution >= 4 is 5.91 Å². The van der Waals surface area contributed by atoms with Gasteiger partial charge in [0.1, 0.15) is 19.0 Å². The molecule has 0 saturated carbocycles. The molecule has 3 rings (SSSR count). The van der Waals surface area contributed by atoms with Gasteiger partial charge in [0.05, 0.1) is 13.2 Å². The van der Waals surface area contributed by atoms with Gasteiger partial charge in [-0.05, 0) is 36.8 Å². The van der Waals surface area contributed by atoms with E-state index >= 15 is 0 Å². The molecule has 1 aliphatic rings. The third-order valence-electron chi connectivity index (χ3n) is 4.33. The quantitative estimate of drug-likeness (QED) is 0.852. The largest absolute Gasteiger partial charge is 0.493 e. The van der Waals surface area contributed by atoms with Gasteiger partial charge < -0.3 is 19.1 Å². The lowest BCUT2D eigenvalue weighted by atomic mass is 10.1. The molecular formula is C19H20FNO4. The first-order chi connectivity index (χ1) is 12.0. The lowest BCUT2D eigenvalue weighted by Crippen LogP contribution is -2.30. The number of carbonyl (C=O) groups is 1. The maximum atomic E-state index is 13.1. The average molecular weight is 345 g/mol. The summed E-state index contributed by atoms with van der Waals surface area (Å²) in [5.74, 6) is 0.980. The highest BCUT2D eigenvalue weighted by Crippen LogP contribution is 2.40. The smallest absolute Gasteiger partial charge is 0.254 e. The Morgan fingerprint density at radius 2 is 1.88 bits per heavy atom. The molecule has 0 bridgehead atoms. The van der Waals surface area contributed by atoms with Crippen molar-refractivity contribution in [1.82, 2.24) is 4.90 Å². The fourth-order valence-corrected chi connectivity index (χ4v) is 2.74. The second-order valence-electron chi connectivity index (χ2n) is 5.85. The third kappa shape index (κ3) is 3.38. The normalized spacial score (nSPS) is 13.9. The fraction of sp³-hybridized carbons (Fsp3) is 0.316. The first-order valence-electron chi connectivity index (χ1n) is 8.01. The van der Waals surface area contributed by atoms with E-state index < -0.39 is 0 Å². The summed E-state index contributed by atoms with van der Waals surface area (Å²) in [7, 11) is 3.23. The summed E-state index contributed by atoms with van der Waals surface area (Å²) in [6, 6.07) is 9.21. The van der Waals surface area contributed by atoms with Crippen LogP contribution in [0.25, 0.3) is 0 Å². The second kappa shape index (κ2) is 7.01. The van der Waals surface area contributed by atoms with Crippen molar-refractivity contribution in [3.63, 3.8) is 0 Å². The Kier molecular flexibility index (Phi) is 4.79. The predicted molar refractivity (Wildman–Crippen MR) is 90.9 cm³/mol. The lowest BCUT2D eigenvalue weighted by Gasteiger charge is -2.27. The molecule has 25 heavy (non-hydrogen) atoms. The molecule has 0 spiro atoms. The molecular weight excluding hydrogens is 325 g/mol. The van der Waals surface area contributed by atoms with Gasteiger partial charge in [-0.3, -0.25) is 4.79 Å². The van der Waals surface area contributed by atoms with E-state index in [1.807, 2.05) is 6.92 Å². The SMILES string of the molecule is COc1cc(C(=O)N(C)[C@@H](C)c2ccc(F)cc2)cc2c1OCCO2. The Labute approximate surface area is 145 Å². The van der Waals surface area contributed by atoms with Gasteiger partial charge in [0.2, 0.25) is 5.75 Å². The van der Waals surface area contributed by atoms with E-state index in [1.54, 1.807) is 36.2 Å². The molecule has 2 aromatic rings. The van der Waals surface area contributed by atoms with Gasteiger partial charge in [-0.25, -0.2) is 4.39 Å². The molecule has 0 N–H and O–H groups in total. The summed E-state index contributed by atoms with van der Waals surface area (Å²) in [4.78, 5) is 14.5. The van der Waals surface area contributed by atoms with Gasteiger partial charge in [0, 0.05) is 12.6 Å². The number of hydrogen-bond donors (Lipinski definition) is 0. The molecule has 1 aliphatic heterocycles. The van der Waals surface area contributed by atoms with Gasteiger partial charge >= 0.3 is 0 Å². The van der Waals surface area contributed by atoms with Crippen LogP contribution in [0.3, 0.4) is 0 Å². The number of rotatable bonds is 4. The molecule has 132 valence electrons. The molecule has 2 aromatic carbocycles. The Hall–Kier alpha value is -2.76. The van der Waals surface area contributed by atoms with Crippen LogP contribution in [0, 0.1) is 5.82 Å². The Balaban J connectivity index is 1.88. The molecule has 0 saturated heterocycles. The Morgan fingerprint density at radius 1 is 1.20 bits per heavy atom. The Bertz CT molecular complexity index is 758. The van der Waals surface area contributed by atoms with Gasteiger partial charge in [-0.2, -0.15) is 0 Å². The fourth-order valence-electron chi connectivity index (χ4n) is 2.74. The Morgan fingerprint density at radius 3 is 2.56 bits per heavy atom. The number of amides is 1. The highest BCUT2D eigenvalue weighted by atomic mass is 19.1. The molecule has 1 amide bonds. The third-order valence-corrected chi connectivity index (χ3v) is 4.33. The average Bonchev–Trinajstić information content (AvgIpc) is 2.65. The molecule has 0 radical (unpaired) electrons. The van der Waals surface area contributed by atoms with Crippen LogP contribution >= 0.6 is 0 Å². The zero-order valence-corrected chi connectivity index (χ0v) is 14.4. The van der Waals surface area contributed by atoms with Crippen molar-refractivity contribution < 1.29 is 23.4 Å². The molecule has 0 fully saturated rings. The monoisotopic (exact) mass is 345 g/mol. The van der Waals surface area contributed by atoms with Gasteiger partial charge in [-0.1, -0.05) is 12.1 Å². The number of hydrogen-bond acceptors (Lipinski definition) is 4. The second-order valence-corrected chi connectivity index (χ2v) is 5.85. The number of methoxy groups -OCH3 is 1. The number of nitrogens with zero attached hydrogens (tertiary/aromatic N) is 1. The number of halogens is 1.